The smallest absolute Gasteiger partial charge is 0.391 e. The largest absolute Gasteiger partial charge is 0.469 e. The molecule has 2 nitrogen and oxygen atoms in total. The van der Waals surface area contributed by atoms with Crippen LogP contribution in [0.2, 0.25) is 0 Å². The average molecular weight is 261 g/mol. The molecule has 1 aromatic rings. The Balaban J connectivity index is 1.92. The van der Waals surface area contributed by atoms with Gasteiger partial charge in [-0.25, -0.2) is 0 Å². The average Bonchev–Trinajstić information content (AvgIpc) is 2.81. The third-order valence-corrected chi connectivity index (χ3v) is 3.80. The Hall–Kier alpha value is -0.970. The fourth-order valence-corrected chi connectivity index (χ4v) is 2.74. The molecule has 0 aliphatic heterocycles. The number of nitrogens with two attached hydrogens (primary N) is 1. The van der Waals surface area contributed by atoms with Crippen LogP contribution in [0.15, 0.2) is 22.8 Å². The van der Waals surface area contributed by atoms with Gasteiger partial charge >= 0.3 is 6.18 Å². The van der Waals surface area contributed by atoms with E-state index in [4.69, 9.17) is 10.2 Å². The van der Waals surface area contributed by atoms with E-state index < -0.39 is 12.1 Å². The summed E-state index contributed by atoms with van der Waals surface area (Å²) in [6, 6.07) is 3.33. The minimum atomic E-state index is -4.08. The van der Waals surface area contributed by atoms with Crippen LogP contribution in [0, 0.1) is 11.8 Å². The molecule has 3 atom stereocenters. The highest BCUT2D eigenvalue weighted by Gasteiger charge is 2.43. The van der Waals surface area contributed by atoms with Crippen LogP contribution in [0.25, 0.3) is 0 Å². The van der Waals surface area contributed by atoms with Gasteiger partial charge in [0.1, 0.15) is 5.76 Å². The van der Waals surface area contributed by atoms with E-state index in [1.807, 2.05) is 6.07 Å². The van der Waals surface area contributed by atoms with Crippen molar-refractivity contribution in [3.05, 3.63) is 24.2 Å². The summed E-state index contributed by atoms with van der Waals surface area (Å²) in [7, 11) is 0. The second kappa shape index (κ2) is 5.34. The van der Waals surface area contributed by atoms with Crippen LogP contribution in [0.1, 0.15) is 31.4 Å². The lowest BCUT2D eigenvalue weighted by molar-refractivity contribution is -0.186. The van der Waals surface area contributed by atoms with Crippen LogP contribution in [0.5, 0.6) is 0 Å². The minimum absolute atomic E-state index is 0.0597. The molecule has 2 N–H and O–H groups in total. The summed E-state index contributed by atoms with van der Waals surface area (Å²) in [5.41, 5.74) is 6.02. The summed E-state index contributed by atoms with van der Waals surface area (Å²) in [5.74, 6) is -0.494. The molecule has 1 aliphatic carbocycles. The zero-order valence-corrected chi connectivity index (χ0v) is 10.1. The van der Waals surface area contributed by atoms with E-state index in [0.717, 1.165) is 12.2 Å². The predicted octanol–water partition coefficient (Wildman–Crippen LogP) is 3.52. The molecule has 1 saturated carbocycles. The van der Waals surface area contributed by atoms with Gasteiger partial charge in [0.05, 0.1) is 12.2 Å². The van der Waals surface area contributed by atoms with Crippen molar-refractivity contribution in [2.45, 2.75) is 44.3 Å². The van der Waals surface area contributed by atoms with Crippen molar-refractivity contribution in [1.82, 2.24) is 0 Å². The molecule has 3 unspecified atom stereocenters. The number of hydrogen-bond acceptors (Lipinski definition) is 2. The normalized spacial score (nSPS) is 27.1. The number of hydrogen-bond donors (Lipinski definition) is 1. The molecule has 2 rings (SSSR count). The molecule has 0 amide bonds. The maximum Gasteiger partial charge on any atom is 0.391 e. The zero-order chi connectivity index (χ0) is 13.2. The Morgan fingerprint density at radius 1 is 1.39 bits per heavy atom. The second-order valence-corrected chi connectivity index (χ2v) is 5.11. The number of furan rings is 1. The first-order chi connectivity index (χ1) is 8.47. The highest BCUT2D eigenvalue weighted by molar-refractivity contribution is 5.01. The van der Waals surface area contributed by atoms with Crippen molar-refractivity contribution >= 4 is 0 Å². The van der Waals surface area contributed by atoms with Crippen molar-refractivity contribution in [2.75, 3.05) is 0 Å². The molecule has 1 fully saturated rings. The molecule has 0 bridgehead atoms. The Kier molecular flexibility index (Phi) is 4.00. The van der Waals surface area contributed by atoms with Gasteiger partial charge in [-0.05, 0) is 37.3 Å². The van der Waals surface area contributed by atoms with Gasteiger partial charge in [0.2, 0.25) is 0 Å². The van der Waals surface area contributed by atoms with Gasteiger partial charge in [0.15, 0.2) is 0 Å². The van der Waals surface area contributed by atoms with E-state index in [-0.39, 0.29) is 24.8 Å². The fourth-order valence-electron chi connectivity index (χ4n) is 2.74. The first-order valence-electron chi connectivity index (χ1n) is 6.31. The number of halogens is 3. The molecule has 0 spiro atoms. The fraction of sp³-hybridized carbons (Fsp3) is 0.692. The van der Waals surface area contributed by atoms with Crippen molar-refractivity contribution in [3.63, 3.8) is 0 Å². The first kappa shape index (κ1) is 13.5. The lowest BCUT2D eigenvalue weighted by atomic mass is 9.77. The lowest BCUT2D eigenvalue weighted by Crippen LogP contribution is -2.38. The molecular formula is C13H18F3NO. The van der Waals surface area contributed by atoms with Crippen LogP contribution in [-0.4, -0.2) is 12.2 Å². The molecule has 18 heavy (non-hydrogen) atoms. The molecule has 1 aliphatic rings. The summed E-state index contributed by atoms with van der Waals surface area (Å²) in [5, 5.41) is 0. The Morgan fingerprint density at radius 3 is 2.78 bits per heavy atom. The van der Waals surface area contributed by atoms with Crippen molar-refractivity contribution in [1.29, 1.82) is 0 Å². The SMILES string of the molecule is NC(Cc1ccco1)C1CCCC(C(F)(F)F)C1. The molecule has 1 aromatic heterocycles. The van der Waals surface area contributed by atoms with Gasteiger partial charge < -0.3 is 10.2 Å². The molecule has 0 aromatic carbocycles. The van der Waals surface area contributed by atoms with Gasteiger partial charge in [0.25, 0.3) is 0 Å². The van der Waals surface area contributed by atoms with E-state index in [9.17, 15) is 13.2 Å². The van der Waals surface area contributed by atoms with Crippen molar-refractivity contribution in [2.24, 2.45) is 17.6 Å². The standard InChI is InChI=1S/C13H18F3NO/c14-13(15,16)10-4-1-3-9(7-10)12(17)8-11-5-2-6-18-11/h2,5-6,9-10,12H,1,3-4,7-8,17H2. The quantitative estimate of drug-likeness (QED) is 0.904. The van der Waals surface area contributed by atoms with E-state index in [0.29, 0.717) is 12.8 Å². The van der Waals surface area contributed by atoms with E-state index in [1.165, 1.54) is 0 Å². The molecule has 1 heterocycles. The molecule has 5 heteroatoms. The molecule has 102 valence electrons. The maximum atomic E-state index is 12.7. The summed E-state index contributed by atoms with van der Waals surface area (Å²) >= 11 is 0. The highest BCUT2D eigenvalue weighted by Crippen LogP contribution is 2.40. The van der Waals surface area contributed by atoms with Gasteiger partial charge in [0, 0.05) is 12.5 Å². The van der Waals surface area contributed by atoms with Crippen LogP contribution >= 0.6 is 0 Å². The van der Waals surface area contributed by atoms with E-state index in [2.05, 4.69) is 0 Å². The number of alkyl halides is 3. The van der Waals surface area contributed by atoms with Gasteiger partial charge in [-0.15, -0.1) is 0 Å². The lowest BCUT2D eigenvalue weighted by Gasteiger charge is -2.33. The Labute approximate surface area is 104 Å². The zero-order valence-electron chi connectivity index (χ0n) is 10.1. The van der Waals surface area contributed by atoms with Crippen molar-refractivity contribution in [3.8, 4) is 0 Å². The first-order valence-corrected chi connectivity index (χ1v) is 6.31. The highest BCUT2D eigenvalue weighted by atomic mass is 19.4. The summed E-state index contributed by atoms with van der Waals surface area (Å²) < 4.78 is 43.3. The maximum absolute atomic E-state index is 12.7. The van der Waals surface area contributed by atoms with Crippen LogP contribution < -0.4 is 5.73 Å². The van der Waals surface area contributed by atoms with Gasteiger partial charge in [-0.2, -0.15) is 13.2 Å². The molecule has 0 radical (unpaired) electrons. The van der Waals surface area contributed by atoms with Crippen LogP contribution in [0.3, 0.4) is 0 Å². The Bertz CT molecular complexity index is 361. The topological polar surface area (TPSA) is 39.2 Å². The summed E-state index contributed by atoms with van der Waals surface area (Å²) in [4.78, 5) is 0. The minimum Gasteiger partial charge on any atom is -0.469 e. The third-order valence-electron chi connectivity index (χ3n) is 3.80. The van der Waals surface area contributed by atoms with E-state index in [1.54, 1.807) is 12.3 Å². The monoisotopic (exact) mass is 261 g/mol. The molecular weight excluding hydrogens is 243 g/mol. The Morgan fingerprint density at radius 2 is 2.17 bits per heavy atom. The van der Waals surface area contributed by atoms with Crippen molar-refractivity contribution < 1.29 is 17.6 Å². The molecule has 0 saturated heterocycles. The summed E-state index contributed by atoms with van der Waals surface area (Å²) in [6.45, 7) is 0. The van der Waals surface area contributed by atoms with E-state index >= 15 is 0 Å². The predicted molar refractivity (Wildman–Crippen MR) is 61.9 cm³/mol. The van der Waals surface area contributed by atoms with Crippen LogP contribution in [-0.2, 0) is 6.42 Å². The third kappa shape index (κ3) is 3.28. The van der Waals surface area contributed by atoms with Gasteiger partial charge in [-0.3, -0.25) is 0 Å². The second-order valence-electron chi connectivity index (χ2n) is 5.11. The van der Waals surface area contributed by atoms with Gasteiger partial charge in [-0.1, -0.05) is 6.42 Å². The number of rotatable bonds is 3. The summed E-state index contributed by atoms with van der Waals surface area (Å²) in [6.07, 6.45) is -0.208. The van der Waals surface area contributed by atoms with Crippen LogP contribution in [0.4, 0.5) is 13.2 Å².